The quantitative estimate of drug-likeness (QED) is 0.575. The van der Waals surface area contributed by atoms with E-state index in [1.54, 1.807) is 24.1 Å². The summed E-state index contributed by atoms with van der Waals surface area (Å²) < 4.78 is 12.6. The van der Waals surface area contributed by atoms with Crippen LogP contribution in [0.4, 0.5) is 10.1 Å². The monoisotopic (exact) mass is 195 g/mol. The zero-order chi connectivity index (χ0) is 10.6. The molecule has 0 aliphatic carbocycles. The minimum Gasteiger partial charge on any atom is -0.370 e. The first-order valence-electron chi connectivity index (χ1n) is 4.44. The summed E-state index contributed by atoms with van der Waals surface area (Å²) >= 11 is 0. The maximum atomic E-state index is 12.6. The standard InChI is InChI=1S/C10H14FN3/c1-3-13-10(12)14(2)9-6-4-8(11)5-7-9/h4-7H,3H2,1-2H3,(H2,12,13). The highest BCUT2D eigenvalue weighted by Crippen LogP contribution is 2.12. The highest BCUT2D eigenvalue weighted by atomic mass is 19.1. The first-order valence-corrected chi connectivity index (χ1v) is 4.44. The van der Waals surface area contributed by atoms with Gasteiger partial charge in [0.2, 0.25) is 0 Å². The first kappa shape index (κ1) is 10.5. The molecule has 1 aromatic rings. The first-order chi connectivity index (χ1) is 6.65. The fourth-order valence-electron chi connectivity index (χ4n) is 1.07. The van der Waals surface area contributed by atoms with E-state index in [9.17, 15) is 4.39 Å². The van der Waals surface area contributed by atoms with Crippen LogP contribution in [0, 0.1) is 5.82 Å². The van der Waals surface area contributed by atoms with Crippen LogP contribution in [0.15, 0.2) is 29.3 Å². The third-order valence-electron chi connectivity index (χ3n) is 1.88. The Morgan fingerprint density at radius 3 is 2.50 bits per heavy atom. The predicted octanol–water partition coefficient (Wildman–Crippen LogP) is 1.60. The third kappa shape index (κ3) is 2.45. The topological polar surface area (TPSA) is 41.6 Å². The Labute approximate surface area is 83.1 Å². The number of hydrogen-bond donors (Lipinski definition) is 1. The van der Waals surface area contributed by atoms with Crippen molar-refractivity contribution in [3.8, 4) is 0 Å². The molecule has 0 heterocycles. The van der Waals surface area contributed by atoms with Crippen molar-refractivity contribution in [3.63, 3.8) is 0 Å². The van der Waals surface area contributed by atoms with Gasteiger partial charge in [-0.05, 0) is 31.2 Å². The molecule has 0 aliphatic heterocycles. The molecular formula is C10H14FN3. The van der Waals surface area contributed by atoms with E-state index < -0.39 is 0 Å². The van der Waals surface area contributed by atoms with E-state index in [0.29, 0.717) is 12.5 Å². The molecular weight excluding hydrogens is 181 g/mol. The normalized spacial score (nSPS) is 11.5. The van der Waals surface area contributed by atoms with Gasteiger partial charge in [0.05, 0.1) is 0 Å². The molecule has 14 heavy (non-hydrogen) atoms. The maximum absolute atomic E-state index is 12.6. The summed E-state index contributed by atoms with van der Waals surface area (Å²) in [6.45, 7) is 2.54. The summed E-state index contributed by atoms with van der Waals surface area (Å²) in [5.74, 6) is 0.173. The van der Waals surface area contributed by atoms with Crippen LogP contribution in [0.5, 0.6) is 0 Å². The van der Waals surface area contributed by atoms with Crippen LogP contribution < -0.4 is 10.6 Å². The fraction of sp³-hybridized carbons (Fsp3) is 0.300. The number of nitrogens with zero attached hydrogens (tertiary/aromatic N) is 2. The lowest BCUT2D eigenvalue weighted by Gasteiger charge is -2.17. The summed E-state index contributed by atoms with van der Waals surface area (Å²) in [7, 11) is 1.79. The van der Waals surface area contributed by atoms with Gasteiger partial charge in [-0.2, -0.15) is 0 Å². The van der Waals surface area contributed by atoms with Crippen molar-refractivity contribution in [2.24, 2.45) is 10.7 Å². The SMILES string of the molecule is CCN=C(N)N(C)c1ccc(F)cc1. The number of aliphatic imine (C=N–C) groups is 1. The minimum atomic E-state index is -0.256. The molecule has 0 fully saturated rings. The van der Waals surface area contributed by atoms with Gasteiger partial charge in [0.1, 0.15) is 5.82 Å². The molecule has 0 spiro atoms. The van der Waals surface area contributed by atoms with Gasteiger partial charge in [-0.15, -0.1) is 0 Å². The molecule has 4 heteroatoms. The largest absolute Gasteiger partial charge is 0.370 e. The summed E-state index contributed by atoms with van der Waals surface area (Å²) in [5.41, 5.74) is 6.50. The lowest BCUT2D eigenvalue weighted by Crippen LogP contribution is -2.33. The van der Waals surface area contributed by atoms with Gasteiger partial charge in [0.25, 0.3) is 0 Å². The van der Waals surface area contributed by atoms with Crippen molar-refractivity contribution in [2.75, 3.05) is 18.5 Å². The Bertz CT molecular complexity index is 319. The molecule has 2 N–H and O–H groups in total. The second-order valence-electron chi connectivity index (χ2n) is 2.87. The zero-order valence-electron chi connectivity index (χ0n) is 8.37. The van der Waals surface area contributed by atoms with Crippen molar-refractivity contribution in [1.82, 2.24) is 0 Å². The van der Waals surface area contributed by atoms with Gasteiger partial charge in [-0.1, -0.05) is 0 Å². The van der Waals surface area contributed by atoms with E-state index in [0.717, 1.165) is 5.69 Å². The third-order valence-corrected chi connectivity index (χ3v) is 1.88. The van der Waals surface area contributed by atoms with Gasteiger partial charge < -0.3 is 10.6 Å². The Kier molecular flexibility index (Phi) is 3.45. The number of halogens is 1. The highest BCUT2D eigenvalue weighted by Gasteiger charge is 2.03. The molecule has 0 atom stereocenters. The Morgan fingerprint density at radius 1 is 1.43 bits per heavy atom. The predicted molar refractivity (Wildman–Crippen MR) is 57.0 cm³/mol. The Hall–Kier alpha value is -1.58. The van der Waals surface area contributed by atoms with Crippen LogP contribution in [-0.2, 0) is 0 Å². The van der Waals surface area contributed by atoms with Gasteiger partial charge >= 0.3 is 0 Å². The van der Waals surface area contributed by atoms with Crippen LogP contribution >= 0.6 is 0 Å². The molecule has 0 unspecified atom stereocenters. The zero-order valence-corrected chi connectivity index (χ0v) is 8.37. The number of benzene rings is 1. The average molecular weight is 195 g/mol. The number of hydrogen-bond acceptors (Lipinski definition) is 1. The number of rotatable bonds is 2. The molecule has 1 rings (SSSR count). The molecule has 0 amide bonds. The summed E-state index contributed by atoms with van der Waals surface area (Å²) in [6, 6.07) is 6.11. The number of anilines is 1. The average Bonchev–Trinajstić information content (AvgIpc) is 2.18. The fourth-order valence-corrected chi connectivity index (χ4v) is 1.07. The van der Waals surface area contributed by atoms with Gasteiger partial charge in [-0.3, -0.25) is 4.99 Å². The Balaban J connectivity index is 2.84. The summed E-state index contributed by atoms with van der Waals surface area (Å²) in [6.07, 6.45) is 0. The highest BCUT2D eigenvalue weighted by molar-refractivity contribution is 5.94. The van der Waals surface area contributed by atoms with Gasteiger partial charge in [0, 0.05) is 19.3 Å². The van der Waals surface area contributed by atoms with Gasteiger partial charge in [0.15, 0.2) is 5.96 Å². The molecule has 3 nitrogen and oxygen atoms in total. The lowest BCUT2D eigenvalue weighted by atomic mass is 10.3. The second kappa shape index (κ2) is 4.60. The molecule has 0 aliphatic rings. The van der Waals surface area contributed by atoms with Crippen molar-refractivity contribution < 1.29 is 4.39 Å². The lowest BCUT2D eigenvalue weighted by molar-refractivity contribution is 0.628. The van der Waals surface area contributed by atoms with E-state index in [4.69, 9.17) is 5.73 Å². The van der Waals surface area contributed by atoms with Crippen LogP contribution in [0.25, 0.3) is 0 Å². The molecule has 0 radical (unpaired) electrons. The van der Waals surface area contributed by atoms with E-state index in [-0.39, 0.29) is 5.82 Å². The van der Waals surface area contributed by atoms with E-state index in [1.165, 1.54) is 12.1 Å². The van der Waals surface area contributed by atoms with E-state index >= 15 is 0 Å². The number of guanidine groups is 1. The molecule has 0 saturated heterocycles. The minimum absolute atomic E-state index is 0.256. The van der Waals surface area contributed by atoms with Crippen molar-refractivity contribution in [3.05, 3.63) is 30.1 Å². The maximum Gasteiger partial charge on any atom is 0.195 e. The van der Waals surface area contributed by atoms with E-state index in [2.05, 4.69) is 4.99 Å². The van der Waals surface area contributed by atoms with Crippen molar-refractivity contribution in [1.29, 1.82) is 0 Å². The molecule has 1 aromatic carbocycles. The summed E-state index contributed by atoms with van der Waals surface area (Å²) in [4.78, 5) is 5.76. The van der Waals surface area contributed by atoms with E-state index in [1.807, 2.05) is 6.92 Å². The van der Waals surface area contributed by atoms with Crippen LogP contribution in [-0.4, -0.2) is 19.6 Å². The van der Waals surface area contributed by atoms with Gasteiger partial charge in [-0.25, -0.2) is 4.39 Å². The van der Waals surface area contributed by atoms with Crippen molar-refractivity contribution in [2.45, 2.75) is 6.92 Å². The molecule has 0 saturated carbocycles. The van der Waals surface area contributed by atoms with Crippen LogP contribution in [0.2, 0.25) is 0 Å². The molecule has 76 valence electrons. The Morgan fingerprint density at radius 2 is 2.00 bits per heavy atom. The molecule has 0 bridgehead atoms. The van der Waals surface area contributed by atoms with Crippen LogP contribution in [0.3, 0.4) is 0 Å². The number of nitrogens with two attached hydrogens (primary N) is 1. The smallest absolute Gasteiger partial charge is 0.195 e. The van der Waals surface area contributed by atoms with Crippen LogP contribution in [0.1, 0.15) is 6.92 Å². The second-order valence-corrected chi connectivity index (χ2v) is 2.87. The molecule has 0 aromatic heterocycles. The van der Waals surface area contributed by atoms with Crippen molar-refractivity contribution >= 4 is 11.6 Å². The summed E-state index contributed by atoms with van der Waals surface area (Å²) in [5, 5.41) is 0.